The zero-order valence-corrected chi connectivity index (χ0v) is 13.8. The van der Waals surface area contributed by atoms with Crippen LogP contribution in [0.1, 0.15) is 17.1 Å². The van der Waals surface area contributed by atoms with Gasteiger partial charge in [-0.2, -0.15) is 0 Å². The SMILES string of the molecule is Cn1nnnc1C(=NOCc1csc(NC(=O)O)n1)c1ccccc1. The Morgan fingerprint density at radius 1 is 1.40 bits per heavy atom. The number of benzene rings is 1. The van der Waals surface area contributed by atoms with Crippen LogP contribution in [-0.4, -0.2) is 42.1 Å². The molecule has 0 bridgehead atoms. The van der Waals surface area contributed by atoms with Gasteiger partial charge >= 0.3 is 6.09 Å². The third kappa shape index (κ3) is 4.14. The summed E-state index contributed by atoms with van der Waals surface area (Å²) in [6, 6.07) is 9.38. The first-order chi connectivity index (χ1) is 12.1. The molecule has 2 N–H and O–H groups in total. The normalized spacial score (nSPS) is 11.3. The van der Waals surface area contributed by atoms with Crippen LogP contribution in [0.4, 0.5) is 9.93 Å². The van der Waals surface area contributed by atoms with Gasteiger partial charge in [0.05, 0.1) is 5.69 Å². The summed E-state index contributed by atoms with van der Waals surface area (Å²) in [5, 5.41) is 28.3. The average molecular weight is 359 g/mol. The Morgan fingerprint density at radius 3 is 2.88 bits per heavy atom. The van der Waals surface area contributed by atoms with E-state index in [1.165, 1.54) is 16.0 Å². The molecule has 0 saturated carbocycles. The summed E-state index contributed by atoms with van der Waals surface area (Å²) >= 11 is 1.17. The van der Waals surface area contributed by atoms with E-state index in [1.54, 1.807) is 12.4 Å². The number of nitrogens with zero attached hydrogens (tertiary/aromatic N) is 6. The Bertz CT molecular complexity index is 891. The van der Waals surface area contributed by atoms with Crippen LogP contribution in [0.2, 0.25) is 0 Å². The van der Waals surface area contributed by atoms with E-state index in [0.29, 0.717) is 17.2 Å². The molecule has 0 spiro atoms. The molecular weight excluding hydrogens is 346 g/mol. The molecule has 0 aliphatic heterocycles. The molecule has 3 rings (SSSR count). The number of hydrogen-bond donors (Lipinski definition) is 2. The molecule has 25 heavy (non-hydrogen) atoms. The summed E-state index contributed by atoms with van der Waals surface area (Å²) in [4.78, 5) is 20.1. The molecule has 128 valence electrons. The maximum absolute atomic E-state index is 10.6. The highest BCUT2D eigenvalue weighted by Gasteiger charge is 2.15. The molecule has 0 aliphatic carbocycles. The van der Waals surface area contributed by atoms with Crippen molar-refractivity contribution in [2.75, 3.05) is 5.32 Å². The molecule has 1 amide bonds. The third-order valence-electron chi connectivity index (χ3n) is 3.01. The molecular formula is C14H13N7O3S. The van der Waals surface area contributed by atoms with Gasteiger partial charge in [-0.1, -0.05) is 35.5 Å². The summed E-state index contributed by atoms with van der Waals surface area (Å²) in [7, 11) is 1.71. The van der Waals surface area contributed by atoms with Crippen LogP contribution in [0.5, 0.6) is 0 Å². The van der Waals surface area contributed by atoms with Gasteiger partial charge < -0.3 is 9.94 Å². The van der Waals surface area contributed by atoms with Crippen molar-refractivity contribution in [2.45, 2.75) is 6.61 Å². The molecule has 11 heteroatoms. The van der Waals surface area contributed by atoms with Crippen LogP contribution in [0, 0.1) is 0 Å². The monoisotopic (exact) mass is 359 g/mol. The average Bonchev–Trinajstić information content (AvgIpc) is 3.21. The molecule has 1 aromatic carbocycles. The van der Waals surface area contributed by atoms with E-state index in [0.717, 1.165) is 5.56 Å². The Hall–Kier alpha value is -3.34. The van der Waals surface area contributed by atoms with Gasteiger partial charge in [0.1, 0.15) is 0 Å². The number of thiazole rings is 1. The Morgan fingerprint density at radius 2 is 2.20 bits per heavy atom. The van der Waals surface area contributed by atoms with E-state index in [1.807, 2.05) is 30.3 Å². The summed E-state index contributed by atoms with van der Waals surface area (Å²) in [5.41, 5.74) is 1.83. The lowest BCUT2D eigenvalue weighted by Gasteiger charge is -2.05. The minimum Gasteiger partial charge on any atom is -0.465 e. The van der Waals surface area contributed by atoms with Crippen molar-refractivity contribution in [3.63, 3.8) is 0 Å². The van der Waals surface area contributed by atoms with Gasteiger partial charge in [-0.3, -0.25) is 5.32 Å². The molecule has 0 fully saturated rings. The molecule has 3 aromatic rings. The highest BCUT2D eigenvalue weighted by Crippen LogP contribution is 2.16. The molecule has 0 radical (unpaired) electrons. The zero-order chi connectivity index (χ0) is 17.6. The van der Waals surface area contributed by atoms with Crippen molar-refractivity contribution in [1.29, 1.82) is 0 Å². The topological polar surface area (TPSA) is 127 Å². The van der Waals surface area contributed by atoms with Gasteiger partial charge in [-0.25, -0.2) is 14.5 Å². The lowest BCUT2D eigenvalue weighted by Crippen LogP contribution is -2.12. The first-order valence-corrected chi connectivity index (χ1v) is 7.94. The lowest BCUT2D eigenvalue weighted by molar-refractivity contribution is 0.128. The summed E-state index contributed by atoms with van der Waals surface area (Å²) in [6.45, 7) is 0.0828. The number of amides is 1. The molecule has 0 atom stereocenters. The minimum atomic E-state index is -1.17. The first-order valence-electron chi connectivity index (χ1n) is 7.06. The highest BCUT2D eigenvalue weighted by atomic mass is 32.1. The van der Waals surface area contributed by atoms with E-state index in [4.69, 9.17) is 9.94 Å². The van der Waals surface area contributed by atoms with Crippen molar-refractivity contribution in [2.24, 2.45) is 12.2 Å². The van der Waals surface area contributed by atoms with E-state index in [-0.39, 0.29) is 11.7 Å². The molecule has 2 heterocycles. The Balaban J connectivity index is 1.77. The van der Waals surface area contributed by atoms with Gasteiger partial charge in [-0.15, -0.1) is 16.4 Å². The minimum absolute atomic E-state index is 0.0828. The van der Waals surface area contributed by atoms with Crippen molar-refractivity contribution in [3.8, 4) is 0 Å². The van der Waals surface area contributed by atoms with Crippen molar-refractivity contribution < 1.29 is 14.7 Å². The van der Waals surface area contributed by atoms with Gasteiger partial charge in [0.15, 0.2) is 17.5 Å². The third-order valence-corrected chi connectivity index (χ3v) is 3.82. The fraction of sp³-hybridized carbons (Fsp3) is 0.143. The summed E-state index contributed by atoms with van der Waals surface area (Å²) < 4.78 is 1.49. The number of carbonyl (C=O) groups is 1. The standard InChI is InChI=1S/C14H13N7O3S/c1-21-12(17-19-20-21)11(9-5-3-2-4-6-9)18-24-7-10-8-25-13(15-10)16-14(22)23/h2-6,8H,7H2,1H3,(H,15,16)(H,22,23). The van der Waals surface area contributed by atoms with Gasteiger partial charge in [-0.05, 0) is 10.4 Å². The number of nitrogens with one attached hydrogen (secondary N) is 1. The predicted octanol–water partition coefficient (Wildman–Crippen LogP) is 1.73. The number of aryl methyl sites for hydroxylation is 1. The maximum Gasteiger partial charge on any atom is 0.410 e. The number of hydrogen-bond acceptors (Lipinski definition) is 8. The van der Waals surface area contributed by atoms with Crippen LogP contribution < -0.4 is 5.32 Å². The van der Waals surface area contributed by atoms with Gasteiger partial charge in [0.25, 0.3) is 0 Å². The second-order valence-electron chi connectivity index (χ2n) is 4.78. The summed E-state index contributed by atoms with van der Waals surface area (Å²) in [5.74, 6) is 0.456. The number of oxime groups is 1. The van der Waals surface area contributed by atoms with E-state index >= 15 is 0 Å². The summed E-state index contributed by atoms with van der Waals surface area (Å²) in [6.07, 6.45) is -1.17. The van der Waals surface area contributed by atoms with E-state index in [9.17, 15) is 4.79 Å². The van der Waals surface area contributed by atoms with Crippen LogP contribution in [0.25, 0.3) is 0 Å². The molecule has 10 nitrogen and oxygen atoms in total. The van der Waals surface area contributed by atoms with Crippen molar-refractivity contribution in [3.05, 3.63) is 52.8 Å². The number of anilines is 1. The molecule has 0 unspecified atom stereocenters. The highest BCUT2D eigenvalue weighted by molar-refractivity contribution is 7.13. The van der Waals surface area contributed by atoms with E-state index < -0.39 is 6.09 Å². The van der Waals surface area contributed by atoms with Crippen LogP contribution in [-0.2, 0) is 18.5 Å². The predicted molar refractivity (Wildman–Crippen MR) is 89.4 cm³/mol. The number of rotatable bonds is 6. The van der Waals surface area contributed by atoms with Crippen molar-refractivity contribution in [1.82, 2.24) is 25.2 Å². The molecule has 2 aromatic heterocycles. The largest absolute Gasteiger partial charge is 0.465 e. The van der Waals surface area contributed by atoms with Crippen LogP contribution in [0.3, 0.4) is 0 Å². The van der Waals surface area contributed by atoms with E-state index in [2.05, 4.69) is 31.0 Å². The second-order valence-corrected chi connectivity index (χ2v) is 5.64. The smallest absolute Gasteiger partial charge is 0.410 e. The molecule has 0 saturated heterocycles. The molecule has 0 aliphatic rings. The number of aromatic nitrogens is 5. The zero-order valence-electron chi connectivity index (χ0n) is 13.0. The van der Waals surface area contributed by atoms with Crippen molar-refractivity contribution >= 4 is 28.3 Å². The Labute approximate surface area is 145 Å². The van der Waals surface area contributed by atoms with Crippen LogP contribution in [0.15, 0.2) is 40.9 Å². The number of carboxylic acid groups (broad SMARTS) is 1. The van der Waals surface area contributed by atoms with Gasteiger partial charge in [0.2, 0.25) is 5.82 Å². The lowest BCUT2D eigenvalue weighted by atomic mass is 10.1. The Kier molecular flexibility index (Phi) is 4.95. The number of tetrazole rings is 1. The fourth-order valence-electron chi connectivity index (χ4n) is 1.93. The van der Waals surface area contributed by atoms with Gasteiger partial charge in [0, 0.05) is 18.0 Å². The fourth-order valence-corrected chi connectivity index (χ4v) is 2.62. The first kappa shape index (κ1) is 16.5. The second kappa shape index (κ2) is 7.49. The maximum atomic E-state index is 10.6. The van der Waals surface area contributed by atoms with Crippen LogP contribution >= 0.6 is 11.3 Å². The quantitative estimate of drug-likeness (QED) is 0.506.